The predicted molar refractivity (Wildman–Crippen MR) is 129 cm³/mol. The quantitative estimate of drug-likeness (QED) is 0.224. The van der Waals surface area contributed by atoms with Crippen LogP contribution in [-0.4, -0.2) is 60.0 Å². The van der Waals surface area contributed by atoms with Crippen molar-refractivity contribution < 1.29 is 23.9 Å². The maximum atomic E-state index is 13.4. The third-order valence-corrected chi connectivity index (χ3v) is 6.62. The number of esters is 1. The Morgan fingerprint density at radius 3 is 2.39 bits per heavy atom. The zero-order chi connectivity index (χ0) is 24.4. The summed E-state index contributed by atoms with van der Waals surface area (Å²) in [6.45, 7) is 9.46. The van der Waals surface area contributed by atoms with E-state index < -0.39 is 5.97 Å². The van der Waals surface area contributed by atoms with Crippen LogP contribution in [0.15, 0.2) is 0 Å². The SMILES string of the molecule is CCCCCCCCC(=O)N(CC(=O)c1c(C)c(C(=O)OC)n(CC)c1C)CC1CCCO1. The molecule has 2 rings (SSSR count). The van der Waals surface area contributed by atoms with Crippen LogP contribution in [0.3, 0.4) is 0 Å². The summed E-state index contributed by atoms with van der Waals surface area (Å²) in [6, 6.07) is 0. The van der Waals surface area contributed by atoms with Crippen LogP contribution in [0.1, 0.15) is 104 Å². The van der Waals surface area contributed by atoms with Crippen LogP contribution < -0.4 is 0 Å². The Labute approximate surface area is 198 Å². The molecular weight excluding hydrogens is 420 g/mol. The van der Waals surface area contributed by atoms with Crippen LogP contribution in [-0.2, 0) is 20.8 Å². The molecule has 1 unspecified atom stereocenters. The highest BCUT2D eigenvalue weighted by molar-refractivity contribution is 6.04. The molecule has 1 aromatic rings. The van der Waals surface area contributed by atoms with E-state index in [1.165, 1.54) is 26.4 Å². The van der Waals surface area contributed by atoms with Gasteiger partial charge in [-0.25, -0.2) is 4.79 Å². The Bertz CT molecular complexity index is 808. The van der Waals surface area contributed by atoms with Gasteiger partial charge in [0, 0.05) is 37.4 Å². The molecule has 0 radical (unpaired) electrons. The van der Waals surface area contributed by atoms with Crippen molar-refractivity contribution in [2.75, 3.05) is 26.8 Å². The first-order valence-electron chi connectivity index (χ1n) is 12.6. The van der Waals surface area contributed by atoms with Crippen molar-refractivity contribution in [1.29, 1.82) is 0 Å². The van der Waals surface area contributed by atoms with E-state index in [-0.39, 0.29) is 24.3 Å². The zero-order valence-electron chi connectivity index (χ0n) is 21.2. The van der Waals surface area contributed by atoms with Gasteiger partial charge in [0.15, 0.2) is 5.78 Å². The molecule has 2 heterocycles. The van der Waals surface area contributed by atoms with Gasteiger partial charge < -0.3 is 18.9 Å². The van der Waals surface area contributed by atoms with Gasteiger partial charge in [-0.3, -0.25) is 9.59 Å². The van der Waals surface area contributed by atoms with Crippen molar-refractivity contribution in [2.24, 2.45) is 0 Å². The average molecular weight is 463 g/mol. The molecular formula is C26H42N2O5. The second-order valence-electron chi connectivity index (χ2n) is 9.02. The molecule has 1 amide bonds. The minimum Gasteiger partial charge on any atom is -0.464 e. The molecule has 1 aliphatic rings. The molecule has 33 heavy (non-hydrogen) atoms. The first-order chi connectivity index (χ1) is 15.8. The number of carbonyl (C=O) groups excluding carboxylic acids is 3. The van der Waals surface area contributed by atoms with E-state index in [9.17, 15) is 14.4 Å². The van der Waals surface area contributed by atoms with Gasteiger partial charge in [-0.05, 0) is 45.6 Å². The van der Waals surface area contributed by atoms with Crippen LogP contribution >= 0.6 is 0 Å². The number of methoxy groups -OCH3 is 1. The molecule has 7 nitrogen and oxygen atoms in total. The summed E-state index contributed by atoms with van der Waals surface area (Å²) < 4.78 is 12.5. The molecule has 1 atom stereocenters. The van der Waals surface area contributed by atoms with Crippen LogP contribution in [0, 0.1) is 13.8 Å². The molecule has 1 saturated heterocycles. The van der Waals surface area contributed by atoms with Crippen molar-refractivity contribution in [3.8, 4) is 0 Å². The lowest BCUT2D eigenvalue weighted by molar-refractivity contribution is -0.132. The number of amides is 1. The molecule has 1 aromatic heterocycles. The van der Waals surface area contributed by atoms with E-state index in [0.29, 0.717) is 42.9 Å². The fraction of sp³-hybridized carbons (Fsp3) is 0.731. The second-order valence-corrected chi connectivity index (χ2v) is 9.02. The number of hydrogen-bond donors (Lipinski definition) is 0. The summed E-state index contributed by atoms with van der Waals surface area (Å²) in [6.07, 6.45) is 8.99. The zero-order valence-corrected chi connectivity index (χ0v) is 21.2. The van der Waals surface area contributed by atoms with Crippen molar-refractivity contribution >= 4 is 17.7 Å². The highest BCUT2D eigenvalue weighted by Gasteiger charge is 2.29. The lowest BCUT2D eigenvalue weighted by Crippen LogP contribution is -2.40. The van der Waals surface area contributed by atoms with Gasteiger partial charge in [-0.2, -0.15) is 0 Å². The van der Waals surface area contributed by atoms with Gasteiger partial charge in [0.05, 0.1) is 19.8 Å². The predicted octanol–water partition coefficient (Wildman–Crippen LogP) is 4.85. The summed E-state index contributed by atoms with van der Waals surface area (Å²) in [4.78, 5) is 40.5. The van der Waals surface area contributed by atoms with E-state index in [1.807, 2.05) is 18.4 Å². The number of ether oxygens (including phenoxy) is 2. The number of Topliss-reactive ketones (excluding diaryl/α,β-unsaturated/α-hetero) is 1. The largest absolute Gasteiger partial charge is 0.464 e. The van der Waals surface area contributed by atoms with E-state index in [2.05, 4.69) is 6.92 Å². The van der Waals surface area contributed by atoms with Gasteiger partial charge in [-0.15, -0.1) is 0 Å². The number of ketones is 1. The molecule has 1 fully saturated rings. The summed E-state index contributed by atoms with van der Waals surface area (Å²) >= 11 is 0. The fourth-order valence-corrected chi connectivity index (χ4v) is 4.82. The fourth-order valence-electron chi connectivity index (χ4n) is 4.82. The first kappa shape index (κ1) is 27.1. The third-order valence-electron chi connectivity index (χ3n) is 6.62. The minimum absolute atomic E-state index is 0.00451. The Morgan fingerprint density at radius 1 is 1.09 bits per heavy atom. The van der Waals surface area contributed by atoms with Gasteiger partial charge in [0.25, 0.3) is 0 Å². The van der Waals surface area contributed by atoms with E-state index in [0.717, 1.165) is 37.8 Å². The maximum Gasteiger partial charge on any atom is 0.354 e. The lowest BCUT2D eigenvalue weighted by Gasteiger charge is -2.25. The summed E-state index contributed by atoms with van der Waals surface area (Å²) in [5.74, 6) is -0.587. The minimum atomic E-state index is -0.452. The molecule has 186 valence electrons. The van der Waals surface area contributed by atoms with Crippen LogP contribution in [0.2, 0.25) is 0 Å². The lowest BCUT2D eigenvalue weighted by atomic mass is 10.0. The second kappa shape index (κ2) is 13.5. The Kier molecular flexibility index (Phi) is 11.1. The third kappa shape index (κ3) is 7.16. The van der Waals surface area contributed by atoms with E-state index >= 15 is 0 Å². The van der Waals surface area contributed by atoms with Crippen LogP contribution in [0.25, 0.3) is 0 Å². The topological polar surface area (TPSA) is 77.8 Å². The number of unbranched alkanes of at least 4 members (excludes halogenated alkanes) is 5. The Balaban J connectivity index is 2.14. The van der Waals surface area contributed by atoms with Crippen LogP contribution in [0.4, 0.5) is 0 Å². The average Bonchev–Trinajstić information content (AvgIpc) is 3.40. The van der Waals surface area contributed by atoms with Crippen molar-refractivity contribution in [3.63, 3.8) is 0 Å². The van der Waals surface area contributed by atoms with Gasteiger partial charge in [0.2, 0.25) is 5.91 Å². The number of nitrogens with zero attached hydrogens (tertiary/aromatic N) is 2. The number of hydrogen-bond acceptors (Lipinski definition) is 5. The normalized spacial score (nSPS) is 15.6. The number of aromatic nitrogens is 1. The van der Waals surface area contributed by atoms with Gasteiger partial charge in [0.1, 0.15) is 5.69 Å². The number of carbonyl (C=O) groups is 3. The van der Waals surface area contributed by atoms with E-state index in [4.69, 9.17) is 9.47 Å². The molecule has 0 spiro atoms. The monoisotopic (exact) mass is 462 g/mol. The molecule has 0 aliphatic carbocycles. The standard InChI is InChI=1S/C26H42N2O5/c1-6-8-9-10-11-12-15-23(30)27(17-21-14-13-16-33-21)18-22(29)24-19(3)25(26(31)32-5)28(7-2)20(24)4/h21H,6-18H2,1-5H3. The summed E-state index contributed by atoms with van der Waals surface area (Å²) in [5, 5.41) is 0. The Hall–Kier alpha value is -2.15. The molecule has 0 aromatic carbocycles. The maximum absolute atomic E-state index is 13.4. The highest BCUT2D eigenvalue weighted by atomic mass is 16.5. The highest BCUT2D eigenvalue weighted by Crippen LogP contribution is 2.24. The molecule has 0 saturated carbocycles. The van der Waals surface area contributed by atoms with Gasteiger partial charge >= 0.3 is 5.97 Å². The van der Waals surface area contributed by atoms with Crippen LogP contribution in [0.5, 0.6) is 0 Å². The van der Waals surface area contributed by atoms with E-state index in [1.54, 1.807) is 11.8 Å². The molecule has 7 heteroatoms. The smallest absolute Gasteiger partial charge is 0.354 e. The Morgan fingerprint density at radius 2 is 1.79 bits per heavy atom. The van der Waals surface area contributed by atoms with Gasteiger partial charge in [-0.1, -0.05) is 39.0 Å². The molecule has 0 bridgehead atoms. The summed E-state index contributed by atoms with van der Waals surface area (Å²) in [7, 11) is 1.34. The van der Waals surface area contributed by atoms with Crippen molar-refractivity contribution in [1.82, 2.24) is 9.47 Å². The first-order valence-corrected chi connectivity index (χ1v) is 12.6. The summed E-state index contributed by atoms with van der Waals surface area (Å²) in [5.41, 5.74) is 2.28. The molecule has 0 N–H and O–H groups in total. The van der Waals surface area contributed by atoms with Crippen molar-refractivity contribution in [3.05, 3.63) is 22.5 Å². The molecule has 1 aliphatic heterocycles. The van der Waals surface area contributed by atoms with Crippen molar-refractivity contribution in [2.45, 2.75) is 98.1 Å². The number of rotatable bonds is 14.